The number of aromatic amines is 1. The smallest absolute Gasteiger partial charge is 0.408 e. The van der Waals surface area contributed by atoms with E-state index in [9.17, 15) is 4.79 Å². The van der Waals surface area contributed by atoms with Crippen LogP contribution in [0.15, 0.2) is 51.7 Å². The number of hydrogen-bond acceptors (Lipinski definition) is 3. The van der Waals surface area contributed by atoms with Crippen LogP contribution in [0.4, 0.5) is 0 Å². The minimum atomic E-state index is -0.415. The SMILES string of the molecule is NCCc1cccc(Cc2ccc3[nH]c(=O)oc3c2)c1. The summed E-state index contributed by atoms with van der Waals surface area (Å²) in [7, 11) is 0. The summed E-state index contributed by atoms with van der Waals surface area (Å²) >= 11 is 0. The number of oxazole rings is 1. The van der Waals surface area contributed by atoms with Crippen molar-refractivity contribution in [3.8, 4) is 0 Å². The molecule has 20 heavy (non-hydrogen) atoms. The Hall–Kier alpha value is -2.33. The van der Waals surface area contributed by atoms with Gasteiger partial charge in [-0.2, -0.15) is 0 Å². The van der Waals surface area contributed by atoms with E-state index in [1.54, 1.807) is 0 Å². The molecule has 3 rings (SSSR count). The number of fused-ring (bicyclic) bond motifs is 1. The number of rotatable bonds is 4. The first-order chi connectivity index (χ1) is 9.74. The van der Waals surface area contributed by atoms with Crippen molar-refractivity contribution in [1.29, 1.82) is 0 Å². The van der Waals surface area contributed by atoms with Gasteiger partial charge in [-0.1, -0.05) is 30.3 Å². The zero-order chi connectivity index (χ0) is 13.9. The minimum absolute atomic E-state index is 0.415. The predicted octanol–water partition coefficient (Wildman–Crippen LogP) is 2.21. The quantitative estimate of drug-likeness (QED) is 0.762. The molecule has 0 radical (unpaired) electrons. The molecule has 1 aromatic heterocycles. The van der Waals surface area contributed by atoms with E-state index in [0.717, 1.165) is 23.9 Å². The van der Waals surface area contributed by atoms with Gasteiger partial charge in [0.05, 0.1) is 5.52 Å². The molecule has 0 saturated heterocycles. The zero-order valence-corrected chi connectivity index (χ0v) is 11.1. The maximum Gasteiger partial charge on any atom is 0.417 e. The van der Waals surface area contributed by atoms with E-state index in [-0.39, 0.29) is 0 Å². The summed E-state index contributed by atoms with van der Waals surface area (Å²) in [6, 6.07) is 14.2. The monoisotopic (exact) mass is 268 g/mol. The molecule has 0 aliphatic carbocycles. The summed E-state index contributed by atoms with van der Waals surface area (Å²) in [6.45, 7) is 0.657. The molecule has 0 unspecified atom stereocenters. The van der Waals surface area contributed by atoms with E-state index in [1.165, 1.54) is 11.1 Å². The fourth-order valence-corrected chi connectivity index (χ4v) is 2.40. The van der Waals surface area contributed by atoms with E-state index < -0.39 is 5.76 Å². The van der Waals surface area contributed by atoms with Gasteiger partial charge in [-0.15, -0.1) is 0 Å². The van der Waals surface area contributed by atoms with Gasteiger partial charge in [-0.25, -0.2) is 4.79 Å². The van der Waals surface area contributed by atoms with Crippen LogP contribution in [0.3, 0.4) is 0 Å². The molecular formula is C16H16N2O2. The van der Waals surface area contributed by atoms with Crippen LogP contribution >= 0.6 is 0 Å². The Bertz CT molecular complexity index is 786. The summed E-state index contributed by atoms with van der Waals surface area (Å²) < 4.78 is 5.08. The van der Waals surface area contributed by atoms with E-state index >= 15 is 0 Å². The van der Waals surface area contributed by atoms with Crippen LogP contribution in [0.2, 0.25) is 0 Å². The van der Waals surface area contributed by atoms with Gasteiger partial charge in [0, 0.05) is 0 Å². The van der Waals surface area contributed by atoms with Crippen molar-refractivity contribution < 1.29 is 4.42 Å². The van der Waals surface area contributed by atoms with Crippen LogP contribution < -0.4 is 11.5 Å². The van der Waals surface area contributed by atoms with Crippen LogP contribution in [0.5, 0.6) is 0 Å². The van der Waals surface area contributed by atoms with Crippen molar-refractivity contribution in [2.24, 2.45) is 5.73 Å². The predicted molar refractivity (Wildman–Crippen MR) is 78.8 cm³/mol. The third kappa shape index (κ3) is 2.65. The highest BCUT2D eigenvalue weighted by atomic mass is 16.4. The van der Waals surface area contributed by atoms with Crippen LogP contribution in [-0.4, -0.2) is 11.5 Å². The lowest BCUT2D eigenvalue weighted by Crippen LogP contribution is -2.03. The first kappa shape index (κ1) is 12.7. The van der Waals surface area contributed by atoms with Gasteiger partial charge in [0.1, 0.15) is 0 Å². The molecule has 2 aromatic carbocycles. The van der Waals surface area contributed by atoms with Crippen molar-refractivity contribution in [2.75, 3.05) is 6.54 Å². The summed E-state index contributed by atoms with van der Waals surface area (Å²) in [4.78, 5) is 13.8. The second-order valence-corrected chi connectivity index (χ2v) is 4.88. The van der Waals surface area contributed by atoms with E-state index in [1.807, 2.05) is 18.2 Å². The molecule has 0 amide bonds. The molecule has 0 fully saturated rings. The van der Waals surface area contributed by atoms with Gasteiger partial charge in [-0.05, 0) is 48.2 Å². The van der Waals surface area contributed by atoms with Crippen molar-refractivity contribution >= 4 is 11.1 Å². The summed E-state index contributed by atoms with van der Waals surface area (Å²) in [6.07, 6.45) is 1.70. The number of nitrogens with two attached hydrogens (primary N) is 1. The summed E-state index contributed by atoms with van der Waals surface area (Å²) in [5.74, 6) is -0.415. The van der Waals surface area contributed by atoms with Crippen LogP contribution in [0, 0.1) is 0 Å². The third-order valence-electron chi connectivity index (χ3n) is 3.32. The van der Waals surface area contributed by atoms with Crippen molar-refractivity contribution in [3.63, 3.8) is 0 Å². The molecule has 4 heteroatoms. The fraction of sp³-hybridized carbons (Fsp3) is 0.188. The van der Waals surface area contributed by atoms with Gasteiger partial charge in [-0.3, -0.25) is 4.98 Å². The lowest BCUT2D eigenvalue weighted by atomic mass is 10.0. The average molecular weight is 268 g/mol. The van der Waals surface area contributed by atoms with Crippen LogP contribution in [-0.2, 0) is 12.8 Å². The maximum absolute atomic E-state index is 11.1. The maximum atomic E-state index is 11.1. The van der Waals surface area contributed by atoms with Crippen molar-refractivity contribution in [3.05, 3.63) is 69.7 Å². The Morgan fingerprint density at radius 2 is 1.85 bits per heavy atom. The molecule has 0 bridgehead atoms. The van der Waals surface area contributed by atoms with Gasteiger partial charge < -0.3 is 10.2 Å². The minimum Gasteiger partial charge on any atom is -0.408 e. The molecule has 3 aromatic rings. The zero-order valence-electron chi connectivity index (χ0n) is 11.1. The number of hydrogen-bond donors (Lipinski definition) is 2. The lowest BCUT2D eigenvalue weighted by molar-refractivity contribution is 0.555. The van der Waals surface area contributed by atoms with Crippen LogP contribution in [0.25, 0.3) is 11.1 Å². The summed E-state index contributed by atoms with van der Waals surface area (Å²) in [5, 5.41) is 0. The van der Waals surface area contributed by atoms with Gasteiger partial charge in [0.15, 0.2) is 5.58 Å². The standard InChI is InChI=1S/C16H16N2O2/c17-7-6-11-2-1-3-12(8-11)9-13-4-5-14-15(10-13)20-16(19)18-14/h1-5,8,10H,6-7,9,17H2,(H,18,19). The van der Waals surface area contributed by atoms with E-state index in [4.69, 9.17) is 10.2 Å². The molecule has 0 aliphatic rings. The number of nitrogens with one attached hydrogen (secondary N) is 1. The Labute approximate surface area is 116 Å². The highest BCUT2D eigenvalue weighted by molar-refractivity contribution is 5.72. The summed E-state index contributed by atoms with van der Waals surface area (Å²) in [5.41, 5.74) is 10.5. The normalized spacial score (nSPS) is 11.1. The van der Waals surface area contributed by atoms with Gasteiger partial charge in [0.25, 0.3) is 0 Å². The number of aromatic nitrogens is 1. The Morgan fingerprint density at radius 1 is 1.05 bits per heavy atom. The van der Waals surface area contributed by atoms with E-state index in [0.29, 0.717) is 12.1 Å². The molecule has 4 nitrogen and oxygen atoms in total. The van der Waals surface area contributed by atoms with E-state index in [2.05, 4.69) is 29.2 Å². The number of benzene rings is 2. The molecule has 3 N–H and O–H groups in total. The molecule has 0 spiro atoms. The average Bonchev–Trinajstić information content (AvgIpc) is 2.79. The molecule has 1 heterocycles. The lowest BCUT2D eigenvalue weighted by Gasteiger charge is -2.05. The van der Waals surface area contributed by atoms with Crippen molar-refractivity contribution in [2.45, 2.75) is 12.8 Å². The molecule has 0 atom stereocenters. The van der Waals surface area contributed by atoms with Gasteiger partial charge in [0.2, 0.25) is 0 Å². The van der Waals surface area contributed by atoms with Crippen LogP contribution in [0.1, 0.15) is 16.7 Å². The topological polar surface area (TPSA) is 72.0 Å². The first-order valence-electron chi connectivity index (χ1n) is 6.64. The molecule has 102 valence electrons. The fourth-order valence-electron chi connectivity index (χ4n) is 2.40. The third-order valence-corrected chi connectivity index (χ3v) is 3.32. The van der Waals surface area contributed by atoms with Crippen molar-refractivity contribution in [1.82, 2.24) is 4.98 Å². The highest BCUT2D eigenvalue weighted by Gasteiger charge is 2.03. The molecular weight excluding hydrogens is 252 g/mol. The second kappa shape index (κ2) is 5.35. The number of H-pyrrole nitrogens is 1. The molecule has 0 saturated carbocycles. The largest absolute Gasteiger partial charge is 0.417 e. The van der Waals surface area contributed by atoms with Gasteiger partial charge >= 0.3 is 5.76 Å². The first-order valence-corrected chi connectivity index (χ1v) is 6.64. The Morgan fingerprint density at radius 3 is 2.70 bits per heavy atom. The Balaban J connectivity index is 1.88. The molecule has 0 aliphatic heterocycles. The highest BCUT2D eigenvalue weighted by Crippen LogP contribution is 2.16. The second-order valence-electron chi connectivity index (χ2n) is 4.88. The Kier molecular flexibility index (Phi) is 3.39.